The maximum atomic E-state index is 13.9. The molecule has 186 valence electrons. The molecule has 0 spiro atoms. The van der Waals surface area contributed by atoms with Gasteiger partial charge in [-0.15, -0.1) is 0 Å². The Balaban J connectivity index is 1.68. The number of carbonyl (C=O) groups is 1. The van der Waals surface area contributed by atoms with E-state index >= 15 is 0 Å². The quantitative estimate of drug-likeness (QED) is 0.281. The zero-order valence-electron chi connectivity index (χ0n) is 18.2. The fourth-order valence-electron chi connectivity index (χ4n) is 3.61. The van der Waals surface area contributed by atoms with Crippen molar-refractivity contribution >= 4 is 27.5 Å². The van der Waals surface area contributed by atoms with E-state index in [4.69, 9.17) is 26.2 Å². The summed E-state index contributed by atoms with van der Waals surface area (Å²) in [7, 11) is -4.18. The first-order valence-corrected chi connectivity index (χ1v) is 12.4. The van der Waals surface area contributed by atoms with Crippen molar-refractivity contribution in [1.82, 2.24) is 10.2 Å². The van der Waals surface area contributed by atoms with Crippen LogP contribution in [0.3, 0.4) is 0 Å². The zero-order chi connectivity index (χ0) is 24.8. The van der Waals surface area contributed by atoms with E-state index in [0.717, 1.165) is 0 Å². The number of hydrogen-bond acceptors (Lipinski definition) is 7. The molecule has 0 aromatic heterocycles. The molecule has 34 heavy (non-hydrogen) atoms. The summed E-state index contributed by atoms with van der Waals surface area (Å²) in [5.41, 5.74) is 0.109. The van der Waals surface area contributed by atoms with Gasteiger partial charge in [0.05, 0.1) is 17.6 Å². The lowest BCUT2D eigenvalue weighted by Crippen LogP contribution is -2.63. The fraction of sp³-hybridized carbons (Fsp3) is 0.409. The van der Waals surface area contributed by atoms with Crippen LogP contribution in [0.5, 0.6) is 5.75 Å². The third kappa shape index (κ3) is 6.44. The molecule has 0 bridgehead atoms. The van der Waals surface area contributed by atoms with Gasteiger partial charge in [-0.25, -0.2) is 18.3 Å². The number of aliphatic hydroxyl groups is 1. The van der Waals surface area contributed by atoms with Crippen LogP contribution >= 0.6 is 11.6 Å². The summed E-state index contributed by atoms with van der Waals surface area (Å²) in [5, 5.41) is 18.4. The van der Waals surface area contributed by atoms with Crippen LogP contribution in [-0.2, 0) is 26.2 Å². The number of carbonyl (C=O) groups excluding carboxylic acids is 1. The van der Waals surface area contributed by atoms with Crippen molar-refractivity contribution in [3.63, 3.8) is 0 Å². The minimum absolute atomic E-state index is 0.00308. The molecule has 3 rings (SSSR count). The lowest BCUT2D eigenvalue weighted by Gasteiger charge is -2.38. The molecule has 2 aromatic rings. The highest BCUT2D eigenvalue weighted by molar-refractivity contribution is 7.89. The number of sulfonamides is 1. The van der Waals surface area contributed by atoms with E-state index in [1.165, 1.54) is 47.9 Å². The van der Waals surface area contributed by atoms with Gasteiger partial charge in [0, 0.05) is 17.2 Å². The Morgan fingerprint density at radius 3 is 2.59 bits per heavy atom. The number of amides is 1. The van der Waals surface area contributed by atoms with Crippen molar-refractivity contribution in [2.45, 2.75) is 48.8 Å². The van der Waals surface area contributed by atoms with Crippen molar-refractivity contribution in [2.75, 3.05) is 13.2 Å². The molecule has 12 heteroatoms. The highest BCUT2D eigenvalue weighted by Crippen LogP contribution is 2.28. The second-order valence-electron chi connectivity index (χ2n) is 7.96. The molecule has 1 heterocycles. The Labute approximate surface area is 201 Å². The summed E-state index contributed by atoms with van der Waals surface area (Å²) < 4.78 is 53.4. The molecule has 0 saturated carbocycles. The molecule has 0 aliphatic carbocycles. The average Bonchev–Trinajstić information content (AvgIpc) is 2.82. The first-order chi connectivity index (χ1) is 16.2. The largest absolute Gasteiger partial charge is 0.489 e. The maximum absolute atomic E-state index is 13.9. The Bertz CT molecular complexity index is 1090. The van der Waals surface area contributed by atoms with Gasteiger partial charge in [0.1, 0.15) is 23.7 Å². The van der Waals surface area contributed by atoms with E-state index in [-0.39, 0.29) is 47.8 Å². The van der Waals surface area contributed by atoms with Crippen molar-refractivity contribution in [2.24, 2.45) is 0 Å². The highest BCUT2D eigenvalue weighted by atomic mass is 35.5. The van der Waals surface area contributed by atoms with Gasteiger partial charge in [-0.05, 0) is 62.1 Å². The third-order valence-corrected chi connectivity index (χ3v) is 7.34. The second kappa shape index (κ2) is 11.4. The standard InChI is InChI=1S/C22H26ClFN2O7S/c23-16-4-3-15(20(24)12-16)13-32-18-5-7-19(8-6-18)34(30,31)26-22(21(28)25-29)10-9-17(33-14-22)2-1-11-27/h3-8,12,17,26-27,29H,1-2,9-11,13-14H2,(H,25,28). The molecule has 1 saturated heterocycles. The van der Waals surface area contributed by atoms with Crippen LogP contribution in [0.4, 0.5) is 4.39 Å². The lowest BCUT2D eigenvalue weighted by molar-refractivity contribution is -0.143. The minimum Gasteiger partial charge on any atom is -0.489 e. The van der Waals surface area contributed by atoms with Gasteiger partial charge >= 0.3 is 0 Å². The van der Waals surface area contributed by atoms with E-state index in [9.17, 15) is 22.8 Å². The van der Waals surface area contributed by atoms with E-state index in [1.54, 1.807) is 0 Å². The number of hydrogen-bond donors (Lipinski definition) is 4. The van der Waals surface area contributed by atoms with Crippen molar-refractivity contribution in [3.8, 4) is 5.75 Å². The number of halogens is 2. The van der Waals surface area contributed by atoms with Gasteiger partial charge in [-0.3, -0.25) is 10.0 Å². The van der Waals surface area contributed by atoms with Gasteiger partial charge in [-0.2, -0.15) is 4.72 Å². The Hall–Kier alpha value is -2.28. The Kier molecular flexibility index (Phi) is 8.85. The van der Waals surface area contributed by atoms with Crippen LogP contribution in [-0.4, -0.2) is 49.5 Å². The monoisotopic (exact) mass is 516 g/mol. The fourth-order valence-corrected chi connectivity index (χ4v) is 5.15. The van der Waals surface area contributed by atoms with Crippen molar-refractivity contribution < 1.29 is 37.4 Å². The Morgan fingerprint density at radius 1 is 1.26 bits per heavy atom. The molecule has 1 amide bonds. The molecule has 1 aliphatic rings. The van der Waals surface area contributed by atoms with Crippen LogP contribution in [0, 0.1) is 5.82 Å². The van der Waals surface area contributed by atoms with Gasteiger partial charge in [-0.1, -0.05) is 17.7 Å². The molecule has 1 fully saturated rings. The molecule has 2 atom stereocenters. The van der Waals surface area contributed by atoms with Crippen LogP contribution in [0.2, 0.25) is 5.02 Å². The first kappa shape index (κ1) is 26.3. The van der Waals surface area contributed by atoms with Crippen molar-refractivity contribution in [1.29, 1.82) is 0 Å². The summed E-state index contributed by atoms with van der Waals surface area (Å²) >= 11 is 5.73. The number of ether oxygens (including phenoxy) is 2. The third-order valence-electron chi connectivity index (χ3n) is 5.55. The maximum Gasteiger partial charge on any atom is 0.267 e. The lowest BCUT2D eigenvalue weighted by atomic mass is 9.89. The van der Waals surface area contributed by atoms with Gasteiger partial charge in [0.15, 0.2) is 0 Å². The number of rotatable bonds is 10. The van der Waals surface area contributed by atoms with Gasteiger partial charge in [0.2, 0.25) is 10.0 Å². The topological polar surface area (TPSA) is 134 Å². The number of hydroxylamine groups is 1. The summed E-state index contributed by atoms with van der Waals surface area (Å²) in [6.07, 6.45) is 1.33. The molecule has 2 aromatic carbocycles. The van der Waals surface area contributed by atoms with Gasteiger partial charge < -0.3 is 14.6 Å². The van der Waals surface area contributed by atoms with Crippen LogP contribution < -0.4 is 14.9 Å². The smallest absolute Gasteiger partial charge is 0.267 e. The van der Waals surface area contributed by atoms with Gasteiger partial charge in [0.25, 0.3) is 5.91 Å². The summed E-state index contributed by atoms with van der Waals surface area (Å²) in [6, 6.07) is 9.58. The SMILES string of the molecule is O=C(NO)C1(NS(=O)(=O)c2ccc(OCc3ccc(Cl)cc3F)cc2)CCC(CCCO)OC1. The predicted octanol–water partition coefficient (Wildman–Crippen LogP) is 2.53. The minimum atomic E-state index is -4.18. The number of nitrogens with one attached hydrogen (secondary N) is 2. The van der Waals surface area contributed by atoms with Crippen LogP contribution in [0.15, 0.2) is 47.4 Å². The van der Waals surface area contributed by atoms with Crippen LogP contribution in [0.25, 0.3) is 0 Å². The number of benzene rings is 2. The average molecular weight is 517 g/mol. The zero-order valence-corrected chi connectivity index (χ0v) is 19.7. The van der Waals surface area contributed by atoms with Crippen molar-refractivity contribution in [3.05, 3.63) is 58.9 Å². The predicted molar refractivity (Wildman–Crippen MR) is 120 cm³/mol. The summed E-state index contributed by atoms with van der Waals surface area (Å²) in [5.74, 6) is -1.14. The van der Waals surface area contributed by atoms with E-state index in [0.29, 0.717) is 25.0 Å². The molecular formula is C22H26ClFN2O7S. The van der Waals surface area contributed by atoms with E-state index in [1.807, 2.05) is 0 Å². The summed E-state index contributed by atoms with van der Waals surface area (Å²) in [6.45, 7) is -0.354. The highest BCUT2D eigenvalue weighted by Gasteiger charge is 2.46. The first-order valence-electron chi connectivity index (χ1n) is 10.6. The molecular weight excluding hydrogens is 491 g/mol. The molecule has 9 nitrogen and oxygen atoms in total. The summed E-state index contributed by atoms with van der Waals surface area (Å²) in [4.78, 5) is 12.2. The van der Waals surface area contributed by atoms with E-state index < -0.39 is 27.3 Å². The Morgan fingerprint density at radius 2 is 2.00 bits per heavy atom. The van der Waals surface area contributed by atoms with E-state index in [2.05, 4.69) is 4.72 Å². The molecule has 4 N–H and O–H groups in total. The normalized spacial score (nSPS) is 20.6. The number of aliphatic hydroxyl groups excluding tert-OH is 1. The second-order valence-corrected chi connectivity index (χ2v) is 10.1. The van der Waals surface area contributed by atoms with Crippen LogP contribution in [0.1, 0.15) is 31.2 Å². The molecule has 0 radical (unpaired) electrons. The molecule has 2 unspecified atom stereocenters. The molecule has 1 aliphatic heterocycles.